The number of nitrogens with one attached hydrogen (secondary N) is 2. The average molecular weight is 330 g/mol. The second-order valence-corrected chi connectivity index (χ2v) is 5.75. The van der Waals surface area contributed by atoms with Gasteiger partial charge in [-0.05, 0) is 24.3 Å². The quantitative estimate of drug-likeness (QED) is 0.433. The molecule has 1 aromatic rings. The lowest BCUT2D eigenvalue weighted by atomic mass is 9.67. The van der Waals surface area contributed by atoms with Crippen molar-refractivity contribution in [3.63, 3.8) is 0 Å². The lowest BCUT2D eigenvalue weighted by molar-refractivity contribution is -0.142. The number of ether oxygens (including phenoxy) is 1. The van der Waals surface area contributed by atoms with Crippen molar-refractivity contribution in [2.24, 2.45) is 17.3 Å². The van der Waals surface area contributed by atoms with Gasteiger partial charge in [-0.3, -0.25) is 34.6 Å². The Balaban J connectivity index is 2.03. The standard InChI is InChI=1S/C16H14N2O6/c1-7(11(19)8-3-5-9(24-2)6-4-8)16-10(12(20)17-14(16)22)13(21)18-15(16)23/h3-7,10H,1-2H3,(H,17,20,22)(H,18,21,23). The van der Waals surface area contributed by atoms with Gasteiger partial charge in [-0.15, -0.1) is 0 Å². The fourth-order valence-corrected chi connectivity index (χ4v) is 3.33. The maximum atomic E-state index is 12.7. The number of fused-ring (bicyclic) bond motifs is 1. The molecule has 24 heavy (non-hydrogen) atoms. The molecule has 1 aromatic carbocycles. The third-order valence-electron chi connectivity index (χ3n) is 4.66. The van der Waals surface area contributed by atoms with Gasteiger partial charge in [0.2, 0.25) is 23.6 Å². The van der Waals surface area contributed by atoms with Crippen molar-refractivity contribution in [3.8, 4) is 5.75 Å². The maximum absolute atomic E-state index is 12.7. The summed E-state index contributed by atoms with van der Waals surface area (Å²) in [5.74, 6) is -6.25. The van der Waals surface area contributed by atoms with E-state index in [1.165, 1.54) is 26.2 Å². The van der Waals surface area contributed by atoms with Crippen LogP contribution in [0.1, 0.15) is 17.3 Å². The Hall–Kier alpha value is -3.03. The van der Waals surface area contributed by atoms with Gasteiger partial charge in [-0.25, -0.2) is 0 Å². The third-order valence-corrected chi connectivity index (χ3v) is 4.66. The highest BCUT2D eigenvalue weighted by Crippen LogP contribution is 2.45. The van der Waals surface area contributed by atoms with Crippen LogP contribution in [0.15, 0.2) is 24.3 Å². The van der Waals surface area contributed by atoms with E-state index in [0.29, 0.717) is 5.75 Å². The molecule has 2 heterocycles. The highest BCUT2D eigenvalue weighted by atomic mass is 16.5. The molecule has 2 fully saturated rings. The summed E-state index contributed by atoms with van der Waals surface area (Å²) in [5.41, 5.74) is -1.79. The van der Waals surface area contributed by atoms with Gasteiger partial charge in [-0.2, -0.15) is 0 Å². The van der Waals surface area contributed by atoms with Crippen LogP contribution in [-0.2, 0) is 19.2 Å². The summed E-state index contributed by atoms with van der Waals surface area (Å²) in [7, 11) is 1.48. The Morgan fingerprint density at radius 1 is 1.04 bits per heavy atom. The van der Waals surface area contributed by atoms with Crippen LogP contribution in [0.5, 0.6) is 5.75 Å². The minimum Gasteiger partial charge on any atom is -0.497 e. The van der Waals surface area contributed by atoms with Crippen LogP contribution < -0.4 is 15.4 Å². The van der Waals surface area contributed by atoms with E-state index in [-0.39, 0.29) is 5.56 Å². The van der Waals surface area contributed by atoms with Crippen LogP contribution in [0.4, 0.5) is 0 Å². The molecule has 8 nitrogen and oxygen atoms in total. The molecule has 2 aliphatic heterocycles. The number of carbonyl (C=O) groups is 5. The van der Waals surface area contributed by atoms with Crippen molar-refractivity contribution in [2.45, 2.75) is 6.92 Å². The van der Waals surface area contributed by atoms with E-state index in [0.717, 1.165) is 0 Å². The lowest BCUT2D eigenvalue weighted by Crippen LogP contribution is -2.49. The van der Waals surface area contributed by atoms with Gasteiger partial charge in [0.15, 0.2) is 11.2 Å². The minimum atomic E-state index is -2.04. The number of hydrogen-bond donors (Lipinski definition) is 2. The Morgan fingerprint density at radius 3 is 2.00 bits per heavy atom. The topological polar surface area (TPSA) is 119 Å². The summed E-state index contributed by atoms with van der Waals surface area (Å²) < 4.78 is 5.01. The van der Waals surface area contributed by atoms with Gasteiger partial charge >= 0.3 is 0 Å². The maximum Gasteiger partial charge on any atom is 0.244 e. The fraction of sp³-hybridized carbons (Fsp3) is 0.312. The van der Waals surface area contributed by atoms with Crippen molar-refractivity contribution in [3.05, 3.63) is 29.8 Å². The second-order valence-electron chi connectivity index (χ2n) is 5.75. The van der Waals surface area contributed by atoms with Crippen LogP contribution in [0.2, 0.25) is 0 Å². The van der Waals surface area contributed by atoms with Crippen LogP contribution in [0.25, 0.3) is 0 Å². The van der Waals surface area contributed by atoms with Crippen molar-refractivity contribution < 1.29 is 28.7 Å². The zero-order valence-corrected chi connectivity index (χ0v) is 12.9. The second kappa shape index (κ2) is 5.26. The monoisotopic (exact) mass is 330 g/mol. The van der Waals surface area contributed by atoms with E-state index in [2.05, 4.69) is 0 Å². The molecule has 124 valence electrons. The highest BCUT2D eigenvalue weighted by Gasteiger charge is 2.71. The first-order valence-electron chi connectivity index (χ1n) is 7.23. The highest BCUT2D eigenvalue weighted by molar-refractivity contribution is 6.33. The SMILES string of the molecule is COc1ccc(C(=O)C(C)C23C(=O)NC(=O)C2C(=O)NC3=O)cc1. The summed E-state index contributed by atoms with van der Waals surface area (Å²) in [5, 5.41) is 3.99. The van der Waals surface area contributed by atoms with Crippen molar-refractivity contribution in [2.75, 3.05) is 7.11 Å². The Morgan fingerprint density at radius 2 is 1.54 bits per heavy atom. The van der Waals surface area contributed by atoms with Crippen molar-refractivity contribution in [1.82, 2.24) is 10.6 Å². The molecule has 0 saturated carbocycles. The normalized spacial score (nSPS) is 26.7. The largest absolute Gasteiger partial charge is 0.497 e. The van der Waals surface area contributed by atoms with Gasteiger partial charge in [0, 0.05) is 11.5 Å². The zero-order chi connectivity index (χ0) is 17.6. The van der Waals surface area contributed by atoms with E-state index in [4.69, 9.17) is 4.74 Å². The Kier molecular flexibility index (Phi) is 3.47. The number of amides is 4. The van der Waals surface area contributed by atoms with Gasteiger partial charge in [0.1, 0.15) is 11.7 Å². The first-order chi connectivity index (χ1) is 11.3. The molecule has 8 heteroatoms. The molecule has 0 radical (unpaired) electrons. The fourth-order valence-electron chi connectivity index (χ4n) is 3.33. The molecule has 0 spiro atoms. The Labute approximate surface area is 136 Å². The van der Waals surface area contributed by atoms with E-state index in [9.17, 15) is 24.0 Å². The van der Waals surface area contributed by atoms with Crippen molar-refractivity contribution >= 4 is 29.4 Å². The van der Waals surface area contributed by atoms with Gasteiger partial charge < -0.3 is 4.74 Å². The number of carbonyl (C=O) groups excluding carboxylic acids is 5. The summed E-state index contributed by atoms with van der Waals surface area (Å²) in [6, 6.07) is 6.11. The predicted molar refractivity (Wildman–Crippen MR) is 78.7 cm³/mol. The molecule has 1 atom stereocenters. The van der Waals surface area contributed by atoms with Crippen LogP contribution >= 0.6 is 0 Å². The molecule has 2 saturated heterocycles. The molecule has 0 aromatic heterocycles. The van der Waals surface area contributed by atoms with Crippen LogP contribution in [0.3, 0.4) is 0 Å². The summed E-state index contributed by atoms with van der Waals surface area (Å²) in [6.07, 6.45) is 0. The lowest BCUT2D eigenvalue weighted by Gasteiger charge is -2.27. The summed E-state index contributed by atoms with van der Waals surface area (Å²) >= 11 is 0. The number of methoxy groups -OCH3 is 1. The number of ketones is 1. The van der Waals surface area contributed by atoms with Gasteiger partial charge in [-0.1, -0.05) is 6.92 Å². The molecule has 0 aliphatic carbocycles. The van der Waals surface area contributed by atoms with Gasteiger partial charge in [0.05, 0.1) is 7.11 Å². The van der Waals surface area contributed by atoms with E-state index in [1.807, 2.05) is 10.6 Å². The average Bonchev–Trinajstić information content (AvgIpc) is 3.00. The van der Waals surface area contributed by atoms with E-state index in [1.54, 1.807) is 12.1 Å². The van der Waals surface area contributed by atoms with E-state index >= 15 is 0 Å². The molecule has 2 aliphatic rings. The molecule has 1 unspecified atom stereocenters. The molecule has 0 bridgehead atoms. The smallest absolute Gasteiger partial charge is 0.244 e. The number of rotatable bonds is 4. The van der Waals surface area contributed by atoms with Crippen LogP contribution in [-0.4, -0.2) is 36.5 Å². The first kappa shape index (κ1) is 15.9. The predicted octanol–water partition coefficient (Wildman–Crippen LogP) is -0.571. The Bertz CT molecular complexity index is 752. The number of hydrogen-bond acceptors (Lipinski definition) is 6. The van der Waals surface area contributed by atoms with E-state index < -0.39 is 46.7 Å². The van der Waals surface area contributed by atoms with Crippen molar-refractivity contribution in [1.29, 1.82) is 0 Å². The number of Topliss-reactive ketones (excluding diaryl/α,β-unsaturated/α-hetero) is 1. The molecule has 4 amide bonds. The molecular weight excluding hydrogens is 316 g/mol. The molecule has 2 N–H and O–H groups in total. The van der Waals surface area contributed by atoms with Crippen LogP contribution in [0, 0.1) is 17.3 Å². The number of imide groups is 2. The summed E-state index contributed by atoms with van der Waals surface area (Å²) in [4.78, 5) is 61.2. The summed E-state index contributed by atoms with van der Waals surface area (Å²) in [6.45, 7) is 1.37. The third kappa shape index (κ3) is 1.89. The molecule has 3 rings (SSSR count). The first-order valence-corrected chi connectivity index (χ1v) is 7.23. The van der Waals surface area contributed by atoms with Gasteiger partial charge in [0.25, 0.3) is 0 Å². The molecular formula is C16H14N2O6. The zero-order valence-electron chi connectivity index (χ0n) is 12.9. The number of benzene rings is 1. The minimum absolute atomic E-state index is 0.246.